The van der Waals surface area contributed by atoms with E-state index in [0.717, 1.165) is 10.4 Å². The van der Waals surface area contributed by atoms with Gasteiger partial charge in [-0.1, -0.05) is 0 Å². The minimum absolute atomic E-state index is 0.00692. The fourth-order valence-electron chi connectivity index (χ4n) is 1.89. The smallest absolute Gasteiger partial charge is 0.261 e. The highest BCUT2D eigenvalue weighted by atomic mass is 32.2. The molecule has 4 nitrogen and oxygen atoms in total. The first-order valence-corrected chi connectivity index (χ1v) is 8.23. The second-order valence-corrected chi connectivity index (χ2v) is 7.55. The summed E-state index contributed by atoms with van der Waals surface area (Å²) in [6.45, 7) is 1.90. The van der Waals surface area contributed by atoms with Crippen molar-refractivity contribution in [2.45, 2.75) is 25.8 Å². The summed E-state index contributed by atoms with van der Waals surface area (Å²) >= 11 is 1.42. The van der Waals surface area contributed by atoms with Gasteiger partial charge in [-0.3, -0.25) is 4.79 Å². The van der Waals surface area contributed by atoms with Crippen LogP contribution in [-0.2, 0) is 9.84 Å². The lowest BCUT2D eigenvalue weighted by molar-refractivity contribution is 0.0938. The standard InChI is InChI=1S/C11H15NO3S2/c1-8-2-5-16-10(8)11(13)12-9-3-6-17(14,15)7-4-9/h2,5,9H,3-4,6-7H2,1H3,(H,12,13). The maximum atomic E-state index is 11.9. The molecule has 1 fully saturated rings. The Bertz CT molecular complexity index is 505. The predicted octanol–water partition coefficient (Wildman–Crippen LogP) is 1.36. The molecule has 2 heterocycles. The van der Waals surface area contributed by atoms with Crippen LogP contribution in [0, 0.1) is 6.92 Å². The van der Waals surface area contributed by atoms with Crippen molar-refractivity contribution in [1.29, 1.82) is 0 Å². The van der Waals surface area contributed by atoms with Gasteiger partial charge in [-0.25, -0.2) is 8.42 Å². The van der Waals surface area contributed by atoms with Crippen LogP contribution < -0.4 is 5.32 Å². The van der Waals surface area contributed by atoms with E-state index in [1.807, 2.05) is 18.4 Å². The summed E-state index contributed by atoms with van der Waals surface area (Å²) in [5, 5.41) is 4.79. The predicted molar refractivity (Wildman–Crippen MR) is 68.2 cm³/mol. The monoisotopic (exact) mass is 273 g/mol. The van der Waals surface area contributed by atoms with Crippen LogP contribution in [-0.4, -0.2) is 31.9 Å². The van der Waals surface area contributed by atoms with Gasteiger partial charge in [0.2, 0.25) is 0 Å². The minimum atomic E-state index is -2.86. The van der Waals surface area contributed by atoms with Crippen molar-refractivity contribution in [2.24, 2.45) is 0 Å². The van der Waals surface area contributed by atoms with Crippen LogP contribution in [0.5, 0.6) is 0 Å². The third-order valence-electron chi connectivity index (χ3n) is 2.96. The number of hydrogen-bond acceptors (Lipinski definition) is 4. The zero-order chi connectivity index (χ0) is 12.5. The molecule has 17 heavy (non-hydrogen) atoms. The molecule has 0 aromatic carbocycles. The van der Waals surface area contributed by atoms with Gasteiger partial charge < -0.3 is 5.32 Å². The van der Waals surface area contributed by atoms with Crippen molar-refractivity contribution < 1.29 is 13.2 Å². The number of amides is 1. The van der Waals surface area contributed by atoms with Gasteiger partial charge in [0.15, 0.2) is 0 Å². The lowest BCUT2D eigenvalue weighted by Gasteiger charge is -2.22. The number of hydrogen-bond donors (Lipinski definition) is 1. The van der Waals surface area contributed by atoms with Crippen LogP contribution in [0.1, 0.15) is 28.1 Å². The summed E-state index contributed by atoms with van der Waals surface area (Å²) in [4.78, 5) is 12.6. The van der Waals surface area contributed by atoms with Crippen LogP contribution in [0.2, 0.25) is 0 Å². The molecule has 0 aliphatic carbocycles. The molecule has 1 aromatic heterocycles. The van der Waals surface area contributed by atoms with Crippen molar-refractivity contribution in [3.63, 3.8) is 0 Å². The number of carbonyl (C=O) groups is 1. The van der Waals surface area contributed by atoms with Crippen molar-refractivity contribution in [2.75, 3.05) is 11.5 Å². The highest BCUT2D eigenvalue weighted by molar-refractivity contribution is 7.91. The number of carbonyl (C=O) groups excluding carboxylic acids is 1. The molecule has 1 saturated heterocycles. The van der Waals surface area contributed by atoms with Gasteiger partial charge in [-0.05, 0) is 36.8 Å². The Morgan fingerprint density at radius 3 is 2.59 bits per heavy atom. The van der Waals surface area contributed by atoms with Crippen molar-refractivity contribution in [3.05, 3.63) is 21.9 Å². The van der Waals surface area contributed by atoms with Crippen LogP contribution in [0.4, 0.5) is 0 Å². The lowest BCUT2D eigenvalue weighted by Crippen LogP contribution is -2.40. The molecule has 0 saturated carbocycles. The maximum absolute atomic E-state index is 11.9. The molecule has 1 aliphatic rings. The Kier molecular flexibility index (Phi) is 3.53. The quantitative estimate of drug-likeness (QED) is 0.885. The molecular weight excluding hydrogens is 258 g/mol. The summed E-state index contributed by atoms with van der Waals surface area (Å²) in [7, 11) is -2.86. The maximum Gasteiger partial charge on any atom is 0.261 e. The first kappa shape index (κ1) is 12.6. The van der Waals surface area contributed by atoms with Crippen molar-refractivity contribution in [3.8, 4) is 0 Å². The van der Waals surface area contributed by atoms with Gasteiger partial charge in [0.05, 0.1) is 16.4 Å². The Morgan fingerprint density at radius 1 is 1.41 bits per heavy atom. The average molecular weight is 273 g/mol. The molecule has 1 aromatic rings. The Morgan fingerprint density at radius 2 is 2.06 bits per heavy atom. The van der Waals surface area contributed by atoms with E-state index in [1.54, 1.807) is 0 Å². The number of nitrogens with one attached hydrogen (secondary N) is 1. The van der Waals surface area contributed by atoms with E-state index in [-0.39, 0.29) is 23.5 Å². The van der Waals surface area contributed by atoms with Crippen LogP contribution in [0.15, 0.2) is 11.4 Å². The van der Waals surface area contributed by atoms with Crippen LogP contribution >= 0.6 is 11.3 Å². The van der Waals surface area contributed by atoms with Crippen LogP contribution in [0.25, 0.3) is 0 Å². The van der Waals surface area contributed by atoms with Gasteiger partial charge in [-0.15, -0.1) is 11.3 Å². The molecular formula is C11H15NO3S2. The summed E-state index contributed by atoms with van der Waals surface area (Å²) < 4.78 is 22.5. The number of aryl methyl sites for hydroxylation is 1. The van der Waals surface area contributed by atoms with Crippen molar-refractivity contribution in [1.82, 2.24) is 5.32 Å². The fourth-order valence-corrected chi connectivity index (χ4v) is 4.21. The Hall–Kier alpha value is -0.880. The summed E-state index contributed by atoms with van der Waals surface area (Å²) in [6.07, 6.45) is 1.05. The summed E-state index contributed by atoms with van der Waals surface area (Å²) in [5.41, 5.74) is 0.968. The van der Waals surface area contributed by atoms with Crippen LogP contribution in [0.3, 0.4) is 0 Å². The van der Waals surface area contributed by atoms with Gasteiger partial charge in [-0.2, -0.15) is 0 Å². The number of rotatable bonds is 2. The summed E-state index contributed by atoms with van der Waals surface area (Å²) in [5.74, 6) is 0.282. The zero-order valence-corrected chi connectivity index (χ0v) is 11.2. The molecule has 0 unspecified atom stereocenters. The second kappa shape index (κ2) is 4.78. The fraction of sp³-hybridized carbons (Fsp3) is 0.545. The zero-order valence-electron chi connectivity index (χ0n) is 9.60. The normalized spacial score (nSPS) is 20.1. The van der Waals surface area contributed by atoms with Gasteiger partial charge in [0.1, 0.15) is 9.84 Å². The third kappa shape index (κ3) is 3.07. The van der Waals surface area contributed by atoms with E-state index >= 15 is 0 Å². The molecule has 2 rings (SSSR count). The molecule has 94 valence electrons. The molecule has 6 heteroatoms. The first-order valence-electron chi connectivity index (χ1n) is 5.53. The number of thiophene rings is 1. The third-order valence-corrected chi connectivity index (χ3v) is 5.69. The minimum Gasteiger partial charge on any atom is -0.349 e. The van der Waals surface area contributed by atoms with Crippen molar-refractivity contribution >= 4 is 27.1 Å². The second-order valence-electron chi connectivity index (χ2n) is 4.33. The molecule has 1 N–H and O–H groups in total. The Balaban J connectivity index is 1.95. The number of sulfone groups is 1. The van der Waals surface area contributed by atoms with E-state index < -0.39 is 9.84 Å². The SMILES string of the molecule is Cc1ccsc1C(=O)NC1CCS(=O)(=O)CC1. The largest absolute Gasteiger partial charge is 0.349 e. The molecule has 1 amide bonds. The van der Waals surface area contributed by atoms with E-state index in [2.05, 4.69) is 5.32 Å². The van der Waals surface area contributed by atoms with Gasteiger partial charge in [0.25, 0.3) is 5.91 Å². The lowest BCUT2D eigenvalue weighted by atomic mass is 10.1. The van der Waals surface area contributed by atoms with E-state index in [4.69, 9.17) is 0 Å². The van der Waals surface area contributed by atoms with Gasteiger partial charge in [0, 0.05) is 6.04 Å². The van der Waals surface area contributed by atoms with E-state index in [0.29, 0.717) is 12.8 Å². The average Bonchev–Trinajstić information content (AvgIpc) is 2.68. The molecule has 0 spiro atoms. The van der Waals surface area contributed by atoms with E-state index in [9.17, 15) is 13.2 Å². The first-order chi connectivity index (χ1) is 7.98. The van der Waals surface area contributed by atoms with Gasteiger partial charge >= 0.3 is 0 Å². The Labute approximate surface area is 105 Å². The molecule has 0 radical (unpaired) electrons. The summed E-state index contributed by atoms with van der Waals surface area (Å²) in [6, 6.07) is 1.90. The highest BCUT2D eigenvalue weighted by Crippen LogP contribution is 2.17. The van der Waals surface area contributed by atoms with E-state index in [1.165, 1.54) is 11.3 Å². The molecule has 0 atom stereocenters. The molecule has 0 bridgehead atoms. The highest BCUT2D eigenvalue weighted by Gasteiger charge is 2.25. The topological polar surface area (TPSA) is 63.2 Å². The molecule has 1 aliphatic heterocycles.